The second kappa shape index (κ2) is 5.57. The van der Waals surface area contributed by atoms with E-state index in [-0.39, 0.29) is 6.04 Å². The summed E-state index contributed by atoms with van der Waals surface area (Å²) < 4.78 is 28.6. The van der Waals surface area contributed by atoms with Crippen molar-refractivity contribution in [2.75, 3.05) is 0 Å². The standard InChI is InChI=1S/C20H29NO2S/c1-20(2,3)18-13-9-15-11-14(18)12-16(10-13)19(15)21-24(22,23)17-7-5-4-6-8-17/h4-8,13-16,18-19,21H,9-12H2,1-3H3. The maximum absolute atomic E-state index is 12.7. The van der Waals surface area contributed by atoms with Gasteiger partial charge in [-0.1, -0.05) is 39.0 Å². The minimum Gasteiger partial charge on any atom is -0.208 e. The van der Waals surface area contributed by atoms with Gasteiger partial charge in [0.2, 0.25) is 10.0 Å². The summed E-state index contributed by atoms with van der Waals surface area (Å²) in [5.41, 5.74) is 0.377. The summed E-state index contributed by atoms with van der Waals surface area (Å²) in [6.45, 7) is 7.15. The number of hydrogen-bond acceptors (Lipinski definition) is 2. The first kappa shape index (κ1) is 16.6. The molecule has 4 saturated carbocycles. The van der Waals surface area contributed by atoms with E-state index >= 15 is 0 Å². The maximum atomic E-state index is 12.7. The van der Waals surface area contributed by atoms with Gasteiger partial charge in [0.05, 0.1) is 4.90 Å². The molecule has 0 spiro atoms. The van der Waals surface area contributed by atoms with Crippen LogP contribution in [0.25, 0.3) is 0 Å². The molecule has 0 saturated heterocycles. The van der Waals surface area contributed by atoms with Crippen LogP contribution in [-0.4, -0.2) is 14.5 Å². The molecule has 4 aliphatic rings. The predicted molar refractivity (Wildman–Crippen MR) is 95.9 cm³/mol. The van der Waals surface area contributed by atoms with Crippen molar-refractivity contribution in [1.82, 2.24) is 4.72 Å². The van der Waals surface area contributed by atoms with Crippen LogP contribution in [0.15, 0.2) is 35.2 Å². The Balaban J connectivity index is 1.54. The van der Waals surface area contributed by atoms with E-state index in [4.69, 9.17) is 0 Å². The first-order chi connectivity index (χ1) is 11.3. The molecule has 1 N–H and O–H groups in total. The molecule has 4 bridgehead atoms. The minimum atomic E-state index is -3.40. The molecule has 3 nitrogen and oxygen atoms in total. The van der Waals surface area contributed by atoms with Gasteiger partial charge in [0.25, 0.3) is 0 Å². The molecule has 0 amide bonds. The molecule has 0 unspecified atom stereocenters. The van der Waals surface area contributed by atoms with E-state index in [1.165, 1.54) is 25.7 Å². The lowest BCUT2D eigenvalue weighted by atomic mass is 9.46. The van der Waals surface area contributed by atoms with Crippen molar-refractivity contribution in [3.8, 4) is 0 Å². The van der Waals surface area contributed by atoms with Crippen LogP contribution >= 0.6 is 0 Å². The third-order valence-electron chi connectivity index (χ3n) is 6.80. The summed E-state index contributed by atoms with van der Waals surface area (Å²) in [5.74, 6) is 3.47. The lowest BCUT2D eigenvalue weighted by molar-refractivity contribution is -0.0949. The van der Waals surface area contributed by atoms with Crippen LogP contribution in [0.5, 0.6) is 0 Å². The van der Waals surface area contributed by atoms with E-state index in [0.29, 0.717) is 22.1 Å². The van der Waals surface area contributed by atoms with Gasteiger partial charge in [-0.3, -0.25) is 0 Å². The SMILES string of the molecule is CC(C)(C)C1C2CC3CC1CC(C2)C3NS(=O)(=O)c1ccccc1. The monoisotopic (exact) mass is 347 g/mol. The molecule has 1 aromatic rings. The third-order valence-corrected chi connectivity index (χ3v) is 8.27. The summed E-state index contributed by atoms with van der Waals surface area (Å²) in [7, 11) is -3.40. The summed E-state index contributed by atoms with van der Waals surface area (Å²) in [6.07, 6.45) is 4.82. The highest BCUT2D eigenvalue weighted by atomic mass is 32.2. The zero-order valence-corrected chi connectivity index (χ0v) is 15.7. The highest BCUT2D eigenvalue weighted by molar-refractivity contribution is 7.89. The molecule has 132 valence electrons. The van der Waals surface area contributed by atoms with Crippen LogP contribution in [0.3, 0.4) is 0 Å². The second-order valence-electron chi connectivity index (χ2n) is 9.34. The smallest absolute Gasteiger partial charge is 0.208 e. The second-order valence-corrected chi connectivity index (χ2v) is 11.0. The van der Waals surface area contributed by atoms with Gasteiger partial charge >= 0.3 is 0 Å². The van der Waals surface area contributed by atoms with Gasteiger partial charge in [0.15, 0.2) is 0 Å². The van der Waals surface area contributed by atoms with Crippen LogP contribution in [0.2, 0.25) is 0 Å². The van der Waals surface area contributed by atoms with E-state index < -0.39 is 10.0 Å². The zero-order chi connectivity index (χ0) is 17.1. The summed E-state index contributed by atoms with van der Waals surface area (Å²) in [4.78, 5) is 0.395. The quantitative estimate of drug-likeness (QED) is 0.896. The van der Waals surface area contributed by atoms with Crippen LogP contribution in [-0.2, 0) is 10.0 Å². The Bertz CT molecular complexity index is 675. The van der Waals surface area contributed by atoms with Crippen molar-refractivity contribution in [3.63, 3.8) is 0 Å². The van der Waals surface area contributed by atoms with Crippen LogP contribution in [0, 0.1) is 35.0 Å². The summed E-state index contributed by atoms with van der Waals surface area (Å²) in [6, 6.07) is 8.96. The molecule has 0 aromatic heterocycles. The minimum absolute atomic E-state index is 0.142. The molecule has 0 atom stereocenters. The summed E-state index contributed by atoms with van der Waals surface area (Å²) in [5, 5.41) is 0. The fourth-order valence-corrected chi connectivity index (χ4v) is 7.73. The number of sulfonamides is 1. The van der Waals surface area contributed by atoms with E-state index in [1.807, 2.05) is 6.07 Å². The number of rotatable bonds is 3. The maximum Gasteiger partial charge on any atom is 0.240 e. The Morgan fingerprint density at radius 2 is 1.38 bits per heavy atom. The van der Waals surface area contributed by atoms with E-state index in [2.05, 4.69) is 25.5 Å². The average Bonchev–Trinajstić information content (AvgIpc) is 2.49. The molecule has 5 rings (SSSR count). The lowest BCUT2D eigenvalue weighted by Crippen LogP contribution is -2.60. The Morgan fingerprint density at radius 1 is 0.875 bits per heavy atom. The molecule has 0 radical (unpaired) electrons. The lowest BCUT2D eigenvalue weighted by Gasteiger charge is -2.61. The molecular formula is C20H29NO2S. The normalized spacial score (nSPS) is 38.5. The van der Waals surface area contributed by atoms with Gasteiger partial charge in [0, 0.05) is 6.04 Å². The van der Waals surface area contributed by atoms with Crippen molar-refractivity contribution in [2.45, 2.75) is 57.4 Å². The zero-order valence-electron chi connectivity index (χ0n) is 14.9. The average molecular weight is 348 g/mol. The molecule has 4 heteroatoms. The Morgan fingerprint density at radius 3 is 1.83 bits per heavy atom. The van der Waals surface area contributed by atoms with E-state index in [9.17, 15) is 8.42 Å². The van der Waals surface area contributed by atoms with Crippen molar-refractivity contribution in [3.05, 3.63) is 30.3 Å². The predicted octanol–water partition coefficient (Wildman–Crippen LogP) is 4.06. The summed E-state index contributed by atoms with van der Waals surface area (Å²) >= 11 is 0. The van der Waals surface area contributed by atoms with Crippen molar-refractivity contribution in [1.29, 1.82) is 0 Å². The van der Waals surface area contributed by atoms with Crippen molar-refractivity contribution < 1.29 is 8.42 Å². The topological polar surface area (TPSA) is 46.2 Å². The van der Waals surface area contributed by atoms with Gasteiger partial charge < -0.3 is 0 Å². The third kappa shape index (κ3) is 2.72. The highest BCUT2D eigenvalue weighted by Crippen LogP contribution is 2.60. The molecule has 24 heavy (non-hydrogen) atoms. The van der Waals surface area contributed by atoms with E-state index in [0.717, 1.165) is 17.8 Å². The van der Waals surface area contributed by atoms with Crippen molar-refractivity contribution in [2.24, 2.45) is 35.0 Å². The number of hydrogen-bond donors (Lipinski definition) is 1. The van der Waals surface area contributed by atoms with Crippen LogP contribution in [0.1, 0.15) is 46.5 Å². The van der Waals surface area contributed by atoms with Crippen LogP contribution < -0.4 is 4.72 Å². The Labute approximate surface area is 146 Å². The molecule has 0 heterocycles. The molecule has 4 fully saturated rings. The fraction of sp³-hybridized carbons (Fsp3) is 0.700. The highest BCUT2D eigenvalue weighted by Gasteiger charge is 2.55. The molecule has 4 aliphatic carbocycles. The van der Waals surface area contributed by atoms with Gasteiger partial charge in [0.1, 0.15) is 0 Å². The molecule has 1 aromatic carbocycles. The largest absolute Gasteiger partial charge is 0.240 e. The van der Waals surface area contributed by atoms with Gasteiger partial charge in [-0.05, 0) is 72.8 Å². The van der Waals surface area contributed by atoms with Crippen molar-refractivity contribution >= 4 is 10.0 Å². The Hall–Kier alpha value is -0.870. The van der Waals surface area contributed by atoms with Gasteiger partial charge in [-0.15, -0.1) is 0 Å². The molecular weight excluding hydrogens is 318 g/mol. The van der Waals surface area contributed by atoms with Gasteiger partial charge in [-0.25, -0.2) is 13.1 Å². The number of nitrogens with one attached hydrogen (secondary N) is 1. The van der Waals surface area contributed by atoms with E-state index in [1.54, 1.807) is 24.3 Å². The number of benzene rings is 1. The first-order valence-electron chi connectivity index (χ1n) is 9.33. The Kier molecular flexibility index (Phi) is 3.85. The first-order valence-corrected chi connectivity index (χ1v) is 10.8. The van der Waals surface area contributed by atoms with Crippen LogP contribution in [0.4, 0.5) is 0 Å². The van der Waals surface area contributed by atoms with Gasteiger partial charge in [-0.2, -0.15) is 0 Å². The fourth-order valence-electron chi connectivity index (χ4n) is 6.34. The molecule has 0 aliphatic heterocycles.